The second-order valence-corrected chi connectivity index (χ2v) is 4.56. The minimum Gasteiger partial charge on any atom is -0.493 e. The molecule has 7 heteroatoms. The highest BCUT2D eigenvalue weighted by Crippen LogP contribution is 2.17. The molecule has 0 saturated heterocycles. The van der Waals surface area contributed by atoms with Crippen molar-refractivity contribution in [2.75, 3.05) is 12.0 Å². The Kier molecular flexibility index (Phi) is 4.89. The van der Waals surface area contributed by atoms with Crippen molar-refractivity contribution in [2.24, 2.45) is 5.10 Å². The molecule has 2 aromatic rings. The lowest BCUT2D eigenvalue weighted by atomic mass is 10.2. The van der Waals surface area contributed by atoms with E-state index in [4.69, 9.17) is 4.74 Å². The molecular weight excluding hydrogens is 324 g/mol. The zero-order chi connectivity index (χ0) is 14.4. The van der Waals surface area contributed by atoms with Gasteiger partial charge >= 0.3 is 0 Å². The van der Waals surface area contributed by atoms with Crippen molar-refractivity contribution in [3.8, 4) is 5.75 Å². The summed E-state index contributed by atoms with van der Waals surface area (Å²) in [6.45, 7) is 2.51. The Morgan fingerprint density at radius 1 is 1.50 bits per heavy atom. The molecule has 1 aromatic carbocycles. The highest BCUT2D eigenvalue weighted by molar-refractivity contribution is 9.10. The van der Waals surface area contributed by atoms with Crippen LogP contribution in [0.25, 0.3) is 0 Å². The number of H-pyrrole nitrogens is 1. The van der Waals surface area contributed by atoms with E-state index >= 15 is 0 Å². The first-order valence-corrected chi connectivity index (χ1v) is 6.75. The molecule has 0 fully saturated rings. The number of hydrogen-bond donors (Lipinski definition) is 2. The third kappa shape index (κ3) is 3.45. The molecule has 104 valence electrons. The maximum atomic E-state index is 11.3. The molecule has 0 saturated carbocycles. The molecule has 1 heterocycles. The molecule has 0 atom stereocenters. The fraction of sp³-hybridized carbons (Fsp3) is 0.154. The normalized spacial score (nSPS) is 10.7. The van der Waals surface area contributed by atoms with Crippen LogP contribution in [-0.2, 0) is 0 Å². The number of hydrazone groups is 1. The van der Waals surface area contributed by atoms with E-state index in [0.717, 1.165) is 11.3 Å². The van der Waals surface area contributed by atoms with Crippen molar-refractivity contribution in [3.05, 3.63) is 50.9 Å². The van der Waals surface area contributed by atoms with Crippen LogP contribution in [0.4, 0.5) is 5.69 Å². The summed E-state index contributed by atoms with van der Waals surface area (Å²) in [5.74, 6) is 0.753. The fourth-order valence-electron chi connectivity index (χ4n) is 1.51. The largest absolute Gasteiger partial charge is 0.493 e. The van der Waals surface area contributed by atoms with Gasteiger partial charge in [-0.2, -0.15) is 10.2 Å². The molecule has 0 amide bonds. The van der Waals surface area contributed by atoms with E-state index in [2.05, 4.69) is 36.7 Å². The quantitative estimate of drug-likeness (QED) is 0.649. The first kappa shape index (κ1) is 14.3. The van der Waals surface area contributed by atoms with Gasteiger partial charge < -0.3 is 4.74 Å². The van der Waals surface area contributed by atoms with Crippen molar-refractivity contribution in [3.63, 3.8) is 0 Å². The molecule has 0 aliphatic rings. The van der Waals surface area contributed by atoms with Gasteiger partial charge in [-0.1, -0.05) is 12.1 Å². The number of anilines is 1. The second kappa shape index (κ2) is 6.85. The van der Waals surface area contributed by atoms with Crippen molar-refractivity contribution < 1.29 is 4.74 Å². The van der Waals surface area contributed by atoms with Crippen molar-refractivity contribution in [1.82, 2.24) is 10.2 Å². The Hall–Kier alpha value is -2.15. The van der Waals surface area contributed by atoms with E-state index in [1.807, 2.05) is 31.2 Å². The van der Waals surface area contributed by atoms with Crippen molar-refractivity contribution in [2.45, 2.75) is 6.92 Å². The molecule has 0 spiro atoms. The number of hydrogen-bond acceptors (Lipinski definition) is 5. The van der Waals surface area contributed by atoms with Gasteiger partial charge in [0.2, 0.25) is 0 Å². The summed E-state index contributed by atoms with van der Waals surface area (Å²) < 4.78 is 5.84. The molecule has 1 aromatic heterocycles. The number of aromatic nitrogens is 2. The monoisotopic (exact) mass is 336 g/mol. The van der Waals surface area contributed by atoms with Gasteiger partial charge in [-0.3, -0.25) is 10.2 Å². The van der Waals surface area contributed by atoms with Crippen LogP contribution in [0.15, 0.2) is 44.8 Å². The van der Waals surface area contributed by atoms with E-state index in [9.17, 15) is 4.79 Å². The van der Waals surface area contributed by atoms with Crippen LogP contribution in [0.3, 0.4) is 0 Å². The summed E-state index contributed by atoms with van der Waals surface area (Å²) in [5.41, 5.74) is 3.76. The van der Waals surface area contributed by atoms with Gasteiger partial charge in [-0.25, -0.2) is 5.10 Å². The highest BCUT2D eigenvalue weighted by atomic mass is 79.9. The Morgan fingerprint density at radius 3 is 3.10 bits per heavy atom. The molecule has 0 bridgehead atoms. The standard InChI is InChI=1S/C13H13BrN4O2/c1-2-20-11-6-4-3-5-9(11)7-15-17-10-8-16-18-13(19)12(10)14/h3-8H,2H2,1H3,(H2,17,18,19)/b15-7-. The number of nitrogens with one attached hydrogen (secondary N) is 2. The van der Waals surface area contributed by atoms with Gasteiger partial charge in [0.05, 0.1) is 24.7 Å². The van der Waals surface area contributed by atoms with Gasteiger partial charge in [0.25, 0.3) is 5.56 Å². The number of ether oxygens (including phenoxy) is 1. The third-order valence-electron chi connectivity index (χ3n) is 2.40. The summed E-state index contributed by atoms with van der Waals surface area (Å²) >= 11 is 3.16. The Labute approximate surface area is 124 Å². The second-order valence-electron chi connectivity index (χ2n) is 3.77. The minimum absolute atomic E-state index is 0.320. The number of nitrogens with zero attached hydrogens (tertiary/aromatic N) is 2. The molecule has 2 rings (SSSR count). The summed E-state index contributed by atoms with van der Waals surface area (Å²) in [5, 5.41) is 10.1. The molecule has 20 heavy (non-hydrogen) atoms. The number of para-hydroxylation sites is 1. The summed E-state index contributed by atoms with van der Waals surface area (Å²) in [6.07, 6.45) is 3.09. The first-order chi connectivity index (χ1) is 9.72. The predicted octanol–water partition coefficient (Wildman–Crippen LogP) is 2.38. The van der Waals surface area contributed by atoms with E-state index in [1.54, 1.807) is 6.21 Å². The summed E-state index contributed by atoms with van der Waals surface area (Å²) in [7, 11) is 0. The molecule has 6 nitrogen and oxygen atoms in total. The van der Waals surface area contributed by atoms with Gasteiger partial charge in [-0.05, 0) is 35.0 Å². The molecule has 0 aliphatic carbocycles. The molecular formula is C13H13BrN4O2. The molecule has 2 N–H and O–H groups in total. The lowest BCUT2D eigenvalue weighted by Gasteiger charge is -2.06. The number of rotatable bonds is 5. The smallest absolute Gasteiger partial charge is 0.280 e. The van der Waals surface area contributed by atoms with Gasteiger partial charge in [0.1, 0.15) is 10.2 Å². The number of aromatic amines is 1. The summed E-state index contributed by atoms with van der Waals surface area (Å²) in [4.78, 5) is 11.3. The van der Waals surface area contributed by atoms with E-state index in [1.165, 1.54) is 6.20 Å². The lowest BCUT2D eigenvalue weighted by molar-refractivity contribution is 0.340. The third-order valence-corrected chi connectivity index (χ3v) is 3.19. The van der Waals surface area contributed by atoms with Gasteiger partial charge in [0.15, 0.2) is 0 Å². The molecule has 0 aliphatic heterocycles. The van der Waals surface area contributed by atoms with Crippen molar-refractivity contribution >= 4 is 27.8 Å². The first-order valence-electron chi connectivity index (χ1n) is 5.96. The number of halogens is 1. The Bertz CT molecular complexity index is 669. The SMILES string of the molecule is CCOc1ccccc1/C=N\Nc1cn[nH]c(=O)c1Br. The summed E-state index contributed by atoms with van der Waals surface area (Å²) in [6, 6.07) is 7.55. The molecule has 0 radical (unpaired) electrons. The number of benzene rings is 1. The zero-order valence-corrected chi connectivity index (χ0v) is 12.3. The van der Waals surface area contributed by atoms with Crippen LogP contribution in [-0.4, -0.2) is 23.0 Å². The van der Waals surface area contributed by atoms with Crippen LogP contribution < -0.4 is 15.7 Å². The average Bonchev–Trinajstić information content (AvgIpc) is 2.45. The van der Waals surface area contributed by atoms with Crippen molar-refractivity contribution in [1.29, 1.82) is 0 Å². The highest BCUT2D eigenvalue weighted by Gasteiger charge is 2.03. The van der Waals surface area contributed by atoms with Gasteiger partial charge in [-0.15, -0.1) is 0 Å². The van der Waals surface area contributed by atoms with E-state index in [-0.39, 0.29) is 5.56 Å². The Balaban J connectivity index is 2.14. The van der Waals surface area contributed by atoms with Crippen LogP contribution in [0.2, 0.25) is 0 Å². The Morgan fingerprint density at radius 2 is 2.30 bits per heavy atom. The van der Waals surface area contributed by atoms with Crippen LogP contribution in [0.5, 0.6) is 5.75 Å². The maximum absolute atomic E-state index is 11.3. The van der Waals surface area contributed by atoms with E-state index < -0.39 is 0 Å². The predicted molar refractivity (Wildman–Crippen MR) is 81.4 cm³/mol. The van der Waals surface area contributed by atoms with Crippen LogP contribution in [0, 0.1) is 0 Å². The average molecular weight is 337 g/mol. The lowest BCUT2D eigenvalue weighted by Crippen LogP contribution is -2.10. The zero-order valence-electron chi connectivity index (χ0n) is 10.8. The van der Waals surface area contributed by atoms with E-state index in [0.29, 0.717) is 16.8 Å². The van der Waals surface area contributed by atoms with Crippen LogP contribution in [0.1, 0.15) is 12.5 Å². The van der Waals surface area contributed by atoms with Crippen LogP contribution >= 0.6 is 15.9 Å². The minimum atomic E-state index is -0.320. The molecule has 0 unspecified atom stereocenters. The van der Waals surface area contributed by atoms with Gasteiger partial charge in [0, 0.05) is 5.56 Å². The topological polar surface area (TPSA) is 79.4 Å². The fourth-order valence-corrected chi connectivity index (χ4v) is 1.79. The maximum Gasteiger partial charge on any atom is 0.280 e.